The Kier molecular flexibility index (Phi) is 9.49. The maximum absolute atomic E-state index is 5.72. The van der Waals surface area contributed by atoms with E-state index in [1.165, 1.54) is 29.1 Å². The summed E-state index contributed by atoms with van der Waals surface area (Å²) >= 11 is 0. The molecular weight excluding hydrogens is 596 g/mol. The maximum Gasteiger partial charge on any atom is 0.138 e. The number of hydrogen-bond donors (Lipinski definition) is 1. The number of nitrogens with zero attached hydrogens (tertiary/aromatic N) is 7. The number of benzene rings is 2. The highest BCUT2D eigenvalue weighted by molar-refractivity contribution is 5.79. The van der Waals surface area contributed by atoms with Gasteiger partial charge in [-0.1, -0.05) is 48.5 Å². The van der Waals surface area contributed by atoms with E-state index in [0.717, 1.165) is 80.1 Å². The molecule has 1 atom stereocenters. The van der Waals surface area contributed by atoms with Crippen LogP contribution >= 0.6 is 0 Å². The Morgan fingerprint density at radius 1 is 0.854 bits per heavy atom. The first-order chi connectivity index (χ1) is 23.6. The van der Waals surface area contributed by atoms with Crippen molar-refractivity contribution in [3.63, 3.8) is 0 Å². The van der Waals surface area contributed by atoms with Crippen molar-refractivity contribution in [1.29, 1.82) is 0 Å². The summed E-state index contributed by atoms with van der Waals surface area (Å²) in [6.45, 7) is 5.77. The number of para-hydroxylation sites is 2. The van der Waals surface area contributed by atoms with Crippen molar-refractivity contribution >= 4 is 28.2 Å². The zero-order valence-electron chi connectivity index (χ0n) is 27.9. The normalized spacial score (nSPS) is 16.5. The van der Waals surface area contributed by atoms with Gasteiger partial charge in [-0.2, -0.15) is 0 Å². The van der Waals surface area contributed by atoms with Crippen molar-refractivity contribution in [2.45, 2.75) is 38.4 Å². The van der Waals surface area contributed by atoms with Crippen molar-refractivity contribution in [2.24, 2.45) is 0 Å². The summed E-state index contributed by atoms with van der Waals surface area (Å²) < 4.78 is 7.99. The first-order valence-corrected chi connectivity index (χ1v) is 16.9. The molecule has 0 saturated carbocycles. The van der Waals surface area contributed by atoms with E-state index in [1.54, 1.807) is 7.11 Å². The summed E-state index contributed by atoms with van der Waals surface area (Å²) in [5.41, 5.74) is 12.3. The molecule has 0 spiro atoms. The Labute approximate surface area is 282 Å². The lowest BCUT2D eigenvalue weighted by Crippen LogP contribution is -2.45. The number of aromatic nitrogens is 4. The van der Waals surface area contributed by atoms with E-state index in [9.17, 15) is 0 Å². The second-order valence-corrected chi connectivity index (χ2v) is 12.7. The van der Waals surface area contributed by atoms with Gasteiger partial charge in [0.1, 0.15) is 23.0 Å². The molecule has 2 aliphatic rings. The van der Waals surface area contributed by atoms with E-state index in [-0.39, 0.29) is 6.04 Å². The molecule has 6 aromatic rings. The summed E-state index contributed by atoms with van der Waals surface area (Å²) in [5.74, 6) is 2.73. The quantitative estimate of drug-likeness (QED) is 0.215. The molecule has 2 N–H and O–H groups in total. The predicted molar refractivity (Wildman–Crippen MR) is 193 cm³/mol. The van der Waals surface area contributed by atoms with Gasteiger partial charge in [-0.25, -0.2) is 9.97 Å². The van der Waals surface area contributed by atoms with Crippen molar-refractivity contribution in [3.8, 4) is 5.75 Å². The van der Waals surface area contributed by atoms with Crippen LogP contribution < -0.4 is 15.4 Å². The number of methoxy groups -OCH3 is 1. The lowest BCUT2D eigenvalue weighted by molar-refractivity contribution is 0.153. The van der Waals surface area contributed by atoms with Gasteiger partial charge in [0.15, 0.2) is 0 Å². The van der Waals surface area contributed by atoms with Gasteiger partial charge >= 0.3 is 0 Å². The van der Waals surface area contributed by atoms with Crippen LogP contribution in [0.5, 0.6) is 5.75 Å². The third kappa shape index (κ3) is 6.98. The molecule has 0 amide bonds. The van der Waals surface area contributed by atoms with Crippen LogP contribution in [0.2, 0.25) is 0 Å². The number of anilines is 2. The number of nitrogens with two attached hydrogens (primary N) is 1. The molecule has 246 valence electrons. The molecule has 0 radical (unpaired) electrons. The molecule has 8 rings (SSSR count). The summed E-state index contributed by atoms with van der Waals surface area (Å²) in [7, 11) is 3.95. The van der Waals surface area contributed by atoms with Crippen molar-refractivity contribution < 1.29 is 4.74 Å². The number of likely N-dealkylation sites (N-methyl/N-ethyl adjacent to an activating group) is 1. The standard InChI is InChI=1S/C30H36N6O.C9H8N2/c1-33-16-18-34(19-17-33)29-14-6-13-28-32-25(22-36(28)29)21-35(20-24-8-3-4-12-27(24)37-2)26-11-5-9-23-10-7-15-31-30(23)26;10-9-6-5-7-3-1-2-4-8(7)11-9/h3-4,6-8,10,12-15,22,26H,5,9,11,16-21H2,1-2H3;1-6H,(H2,10,11)/t26-;/m0./s1. The van der Waals surface area contributed by atoms with E-state index in [4.69, 9.17) is 20.4 Å². The van der Waals surface area contributed by atoms with Crippen LogP contribution in [0.1, 0.15) is 41.4 Å². The minimum absolute atomic E-state index is 0.247. The Balaban J connectivity index is 0.000000280. The van der Waals surface area contributed by atoms with E-state index < -0.39 is 0 Å². The van der Waals surface area contributed by atoms with Gasteiger partial charge in [0.25, 0.3) is 0 Å². The first kappa shape index (κ1) is 31.6. The molecule has 0 bridgehead atoms. The van der Waals surface area contributed by atoms with Gasteiger partial charge in [0.2, 0.25) is 0 Å². The lowest BCUT2D eigenvalue weighted by atomic mass is 9.90. The summed E-state index contributed by atoms with van der Waals surface area (Å²) in [5, 5.41) is 1.13. The van der Waals surface area contributed by atoms with E-state index >= 15 is 0 Å². The van der Waals surface area contributed by atoms with Crippen LogP contribution in [0, 0.1) is 0 Å². The van der Waals surface area contributed by atoms with Crippen LogP contribution in [0.25, 0.3) is 16.6 Å². The smallest absolute Gasteiger partial charge is 0.138 e. The molecule has 5 heterocycles. The maximum atomic E-state index is 5.72. The lowest BCUT2D eigenvalue weighted by Gasteiger charge is -2.35. The molecule has 48 heavy (non-hydrogen) atoms. The fourth-order valence-corrected chi connectivity index (χ4v) is 6.98. The Bertz CT molecular complexity index is 1980. The third-order valence-electron chi connectivity index (χ3n) is 9.50. The Hall–Kier alpha value is -4.99. The highest BCUT2D eigenvalue weighted by Crippen LogP contribution is 2.36. The minimum Gasteiger partial charge on any atom is -0.496 e. The molecule has 2 aromatic carbocycles. The largest absolute Gasteiger partial charge is 0.496 e. The molecular formula is C39H44N8O. The second-order valence-electron chi connectivity index (χ2n) is 12.7. The number of ether oxygens (including phenoxy) is 1. The molecule has 1 aliphatic carbocycles. The molecule has 1 aliphatic heterocycles. The van der Waals surface area contributed by atoms with Crippen molar-refractivity contribution in [2.75, 3.05) is 51.0 Å². The molecule has 0 unspecified atom stereocenters. The average molecular weight is 641 g/mol. The number of hydrogen-bond acceptors (Lipinski definition) is 8. The van der Waals surface area contributed by atoms with Crippen LogP contribution in [0.4, 0.5) is 11.6 Å². The van der Waals surface area contributed by atoms with E-state index in [2.05, 4.69) is 79.8 Å². The van der Waals surface area contributed by atoms with E-state index in [0.29, 0.717) is 5.82 Å². The second kappa shape index (κ2) is 14.4. The molecule has 9 nitrogen and oxygen atoms in total. The highest BCUT2D eigenvalue weighted by atomic mass is 16.5. The molecule has 9 heteroatoms. The number of pyridine rings is 3. The Morgan fingerprint density at radius 2 is 1.69 bits per heavy atom. The SMILES string of the molecule is COc1ccccc1CN(Cc1cn2c(N3CCN(C)CC3)cccc2n1)[C@H]1CCCc2cccnc21.Nc1ccc2ccccc2n1. The third-order valence-corrected chi connectivity index (χ3v) is 9.50. The Morgan fingerprint density at radius 3 is 2.56 bits per heavy atom. The highest BCUT2D eigenvalue weighted by Gasteiger charge is 2.29. The van der Waals surface area contributed by atoms with E-state index in [1.807, 2.05) is 54.7 Å². The topological polar surface area (TPSA) is 88.1 Å². The van der Waals surface area contributed by atoms with Crippen LogP contribution in [0.3, 0.4) is 0 Å². The van der Waals surface area contributed by atoms with Gasteiger partial charge in [0, 0.05) is 62.6 Å². The van der Waals surface area contributed by atoms with Crippen molar-refractivity contribution in [3.05, 3.63) is 126 Å². The number of piperazine rings is 1. The number of fused-ring (bicyclic) bond motifs is 3. The van der Waals surface area contributed by atoms with Gasteiger partial charge in [0.05, 0.1) is 30.1 Å². The summed E-state index contributed by atoms with van der Waals surface area (Å²) in [6.07, 6.45) is 7.54. The molecule has 1 fully saturated rings. The fourth-order valence-electron chi connectivity index (χ4n) is 6.98. The zero-order chi connectivity index (χ0) is 32.9. The number of rotatable bonds is 7. The van der Waals surface area contributed by atoms with Gasteiger partial charge in [-0.3, -0.25) is 14.3 Å². The molecule has 4 aromatic heterocycles. The average Bonchev–Trinajstić information content (AvgIpc) is 3.55. The monoisotopic (exact) mass is 640 g/mol. The fraction of sp³-hybridized carbons (Fsp3) is 0.308. The van der Waals surface area contributed by atoms with Gasteiger partial charge < -0.3 is 20.3 Å². The zero-order valence-corrected chi connectivity index (χ0v) is 27.9. The minimum atomic E-state index is 0.247. The predicted octanol–water partition coefficient (Wildman–Crippen LogP) is 6.39. The molecule has 1 saturated heterocycles. The van der Waals surface area contributed by atoms with Crippen LogP contribution in [-0.4, -0.2) is 69.5 Å². The summed E-state index contributed by atoms with van der Waals surface area (Å²) in [4.78, 5) is 21.5. The first-order valence-electron chi connectivity index (χ1n) is 16.9. The van der Waals surface area contributed by atoms with Gasteiger partial charge in [-0.05, 0) is 74.3 Å². The number of imidazole rings is 1. The van der Waals surface area contributed by atoms with Crippen LogP contribution in [0.15, 0.2) is 103 Å². The number of nitrogen functional groups attached to an aromatic ring is 1. The van der Waals surface area contributed by atoms with Gasteiger partial charge in [-0.15, -0.1) is 0 Å². The van der Waals surface area contributed by atoms with Crippen LogP contribution in [-0.2, 0) is 19.5 Å². The summed E-state index contributed by atoms with van der Waals surface area (Å²) in [6, 6.07) is 31.0. The van der Waals surface area contributed by atoms with Crippen molar-refractivity contribution in [1.82, 2.24) is 29.2 Å². The number of aryl methyl sites for hydroxylation is 1.